The van der Waals surface area contributed by atoms with Crippen molar-refractivity contribution in [2.24, 2.45) is 5.92 Å². The first-order valence-corrected chi connectivity index (χ1v) is 10.4. The van der Waals surface area contributed by atoms with Gasteiger partial charge in [-0.3, -0.25) is 0 Å². The topological polar surface area (TPSA) is 33.0 Å². The molecule has 1 aliphatic rings. The predicted molar refractivity (Wildman–Crippen MR) is 111 cm³/mol. The van der Waals surface area contributed by atoms with E-state index in [1.165, 1.54) is 42.8 Å². The molecular formula is C25H27F2NO. The zero-order chi connectivity index (χ0) is 20.7. The van der Waals surface area contributed by atoms with Crippen LogP contribution in [0, 0.1) is 17.2 Å². The number of allylic oxidation sites excluding steroid dienone is 2. The van der Waals surface area contributed by atoms with Crippen molar-refractivity contribution in [3.63, 3.8) is 0 Å². The second-order valence-corrected chi connectivity index (χ2v) is 7.71. The Balaban J connectivity index is 1.60. The van der Waals surface area contributed by atoms with Gasteiger partial charge in [0.1, 0.15) is 5.75 Å². The minimum Gasteiger partial charge on any atom is -0.429 e. The van der Waals surface area contributed by atoms with Gasteiger partial charge in [0.2, 0.25) is 0 Å². The van der Waals surface area contributed by atoms with Crippen LogP contribution in [0.4, 0.5) is 8.78 Å². The van der Waals surface area contributed by atoms with Gasteiger partial charge in [-0.25, -0.2) is 0 Å². The van der Waals surface area contributed by atoms with Crippen LogP contribution >= 0.6 is 0 Å². The molecule has 3 rings (SSSR count). The number of unbranched alkanes of at least 4 members (excludes halogenated alkanes) is 1. The molecule has 4 heteroatoms. The Kier molecular flexibility index (Phi) is 7.04. The highest BCUT2D eigenvalue weighted by molar-refractivity contribution is 5.35. The minimum atomic E-state index is -3.42. The van der Waals surface area contributed by atoms with Crippen LogP contribution in [-0.4, -0.2) is 0 Å². The molecule has 2 aromatic carbocycles. The maximum atomic E-state index is 14.5. The van der Waals surface area contributed by atoms with Gasteiger partial charge in [0.05, 0.1) is 17.2 Å². The predicted octanol–water partition coefficient (Wildman–Crippen LogP) is 7.32. The largest absolute Gasteiger partial charge is 0.429 e. The molecule has 2 nitrogen and oxygen atoms in total. The summed E-state index contributed by atoms with van der Waals surface area (Å²) in [4.78, 5) is 0. The Morgan fingerprint density at radius 3 is 2.28 bits per heavy atom. The fourth-order valence-corrected chi connectivity index (χ4v) is 3.85. The third-order valence-corrected chi connectivity index (χ3v) is 5.58. The summed E-state index contributed by atoms with van der Waals surface area (Å²) in [5.74, 6) is 1.13. The van der Waals surface area contributed by atoms with Crippen molar-refractivity contribution in [3.8, 4) is 11.8 Å². The van der Waals surface area contributed by atoms with Gasteiger partial charge >= 0.3 is 6.11 Å². The zero-order valence-electron chi connectivity index (χ0n) is 16.8. The molecule has 0 aromatic heterocycles. The van der Waals surface area contributed by atoms with E-state index < -0.39 is 6.11 Å². The van der Waals surface area contributed by atoms with Gasteiger partial charge in [0.15, 0.2) is 0 Å². The van der Waals surface area contributed by atoms with Gasteiger partial charge in [0, 0.05) is 0 Å². The van der Waals surface area contributed by atoms with Crippen molar-refractivity contribution < 1.29 is 13.5 Å². The van der Waals surface area contributed by atoms with E-state index in [1.807, 2.05) is 18.2 Å². The summed E-state index contributed by atoms with van der Waals surface area (Å²) in [7, 11) is 0. The molecule has 0 N–H and O–H groups in total. The van der Waals surface area contributed by atoms with E-state index in [9.17, 15) is 8.78 Å². The highest BCUT2D eigenvalue weighted by Gasteiger charge is 2.34. The van der Waals surface area contributed by atoms with Crippen LogP contribution in [0.3, 0.4) is 0 Å². The molecule has 1 saturated carbocycles. The van der Waals surface area contributed by atoms with E-state index in [4.69, 9.17) is 10.00 Å². The third kappa shape index (κ3) is 5.67. The first-order chi connectivity index (χ1) is 14.0. The van der Waals surface area contributed by atoms with Gasteiger partial charge in [-0.2, -0.15) is 14.0 Å². The SMILES string of the molecule is CCC/C=C/C1CCC(c2ccc(C(F)(F)Oc3ccc(C#N)cc3)cc2)CC1. The molecule has 0 aliphatic heterocycles. The van der Waals surface area contributed by atoms with Gasteiger partial charge < -0.3 is 4.74 Å². The number of nitrogens with zero attached hydrogens (tertiary/aromatic N) is 1. The Morgan fingerprint density at radius 2 is 1.69 bits per heavy atom. The van der Waals surface area contributed by atoms with E-state index in [0.717, 1.165) is 37.7 Å². The summed E-state index contributed by atoms with van der Waals surface area (Å²) in [6.45, 7) is 2.18. The summed E-state index contributed by atoms with van der Waals surface area (Å²) in [5.41, 5.74) is 1.36. The second kappa shape index (κ2) is 9.69. The van der Waals surface area contributed by atoms with Crippen LogP contribution in [0.25, 0.3) is 0 Å². The number of rotatable bonds is 7. The summed E-state index contributed by atoms with van der Waals surface area (Å²) in [6, 6.07) is 14.2. The van der Waals surface area contributed by atoms with Crippen molar-refractivity contribution in [1.29, 1.82) is 5.26 Å². The van der Waals surface area contributed by atoms with Crippen LogP contribution in [-0.2, 0) is 6.11 Å². The zero-order valence-corrected chi connectivity index (χ0v) is 16.8. The minimum absolute atomic E-state index is 0.0347. The van der Waals surface area contributed by atoms with Gasteiger partial charge in [0.25, 0.3) is 0 Å². The van der Waals surface area contributed by atoms with Crippen LogP contribution < -0.4 is 4.74 Å². The van der Waals surface area contributed by atoms with E-state index in [2.05, 4.69) is 19.1 Å². The maximum Gasteiger partial charge on any atom is 0.426 e. The van der Waals surface area contributed by atoms with Crippen LogP contribution in [0.5, 0.6) is 5.75 Å². The number of halogens is 2. The van der Waals surface area contributed by atoms with Crippen LogP contribution in [0.2, 0.25) is 0 Å². The van der Waals surface area contributed by atoms with Crippen LogP contribution in [0.1, 0.15) is 68.1 Å². The second-order valence-electron chi connectivity index (χ2n) is 7.71. The molecular weight excluding hydrogens is 368 g/mol. The molecule has 0 amide bonds. The Bertz CT molecular complexity index is 842. The normalized spacial score (nSPS) is 19.8. The maximum absolute atomic E-state index is 14.5. The smallest absolute Gasteiger partial charge is 0.426 e. The molecule has 0 unspecified atom stereocenters. The average Bonchev–Trinajstić information content (AvgIpc) is 2.75. The molecule has 0 heterocycles. The lowest BCUT2D eigenvalue weighted by Gasteiger charge is -2.27. The fraction of sp³-hybridized carbons (Fsp3) is 0.400. The Labute approximate surface area is 171 Å². The van der Waals surface area contributed by atoms with Crippen molar-refractivity contribution in [2.75, 3.05) is 0 Å². The molecule has 0 spiro atoms. The van der Waals surface area contributed by atoms with E-state index in [-0.39, 0.29) is 11.3 Å². The molecule has 0 saturated heterocycles. The number of hydrogen-bond donors (Lipinski definition) is 0. The fourth-order valence-electron chi connectivity index (χ4n) is 3.85. The van der Waals surface area contributed by atoms with E-state index in [0.29, 0.717) is 17.4 Å². The highest BCUT2D eigenvalue weighted by Crippen LogP contribution is 2.38. The van der Waals surface area contributed by atoms with Crippen LogP contribution in [0.15, 0.2) is 60.7 Å². The Morgan fingerprint density at radius 1 is 1.03 bits per heavy atom. The van der Waals surface area contributed by atoms with Crippen molar-refractivity contribution in [1.82, 2.24) is 0 Å². The molecule has 29 heavy (non-hydrogen) atoms. The van der Waals surface area contributed by atoms with Gasteiger partial charge in [-0.1, -0.05) is 37.6 Å². The average molecular weight is 395 g/mol. The lowest BCUT2D eigenvalue weighted by Crippen LogP contribution is -2.22. The molecule has 2 aromatic rings. The van der Waals surface area contributed by atoms with Gasteiger partial charge in [-0.15, -0.1) is 0 Å². The highest BCUT2D eigenvalue weighted by atomic mass is 19.3. The van der Waals surface area contributed by atoms with E-state index in [1.54, 1.807) is 0 Å². The number of ether oxygens (including phenoxy) is 1. The monoisotopic (exact) mass is 395 g/mol. The Hall–Kier alpha value is -2.67. The standard InChI is InChI=1S/C25H27F2NO/c1-2-3-4-5-19-6-10-21(11-7-19)22-12-14-23(15-13-22)25(26,27)29-24-16-8-20(18-28)9-17-24/h4-5,8-9,12-17,19,21H,2-3,6-7,10-11H2,1H3/b5-4+. The first-order valence-electron chi connectivity index (χ1n) is 10.4. The molecule has 152 valence electrons. The summed E-state index contributed by atoms with van der Waals surface area (Å²) < 4.78 is 33.9. The molecule has 0 atom stereocenters. The van der Waals surface area contributed by atoms with Crippen molar-refractivity contribution in [3.05, 3.63) is 77.4 Å². The van der Waals surface area contributed by atoms with E-state index >= 15 is 0 Å². The molecule has 0 radical (unpaired) electrons. The summed E-state index contributed by atoms with van der Waals surface area (Å²) in [6.07, 6.45) is 8.04. The number of benzene rings is 2. The van der Waals surface area contributed by atoms with Gasteiger partial charge in [-0.05, 0) is 85.9 Å². The lowest BCUT2D eigenvalue weighted by atomic mass is 9.78. The first kappa shape index (κ1) is 21.0. The summed E-state index contributed by atoms with van der Waals surface area (Å²) in [5, 5.41) is 8.79. The number of hydrogen-bond acceptors (Lipinski definition) is 2. The van der Waals surface area contributed by atoms with Crippen molar-refractivity contribution >= 4 is 0 Å². The molecule has 1 aliphatic carbocycles. The quantitative estimate of drug-likeness (QED) is 0.460. The molecule has 1 fully saturated rings. The number of nitriles is 1. The molecule has 0 bridgehead atoms. The third-order valence-electron chi connectivity index (χ3n) is 5.58. The summed E-state index contributed by atoms with van der Waals surface area (Å²) >= 11 is 0. The lowest BCUT2D eigenvalue weighted by molar-refractivity contribution is -0.185. The number of alkyl halides is 2. The van der Waals surface area contributed by atoms with Crippen molar-refractivity contribution in [2.45, 2.75) is 57.5 Å².